The molecular formula is C14H17BrN2O. The molecule has 3 nitrogen and oxygen atoms in total. The molecule has 2 aromatic rings. The molecule has 96 valence electrons. The lowest BCUT2D eigenvalue weighted by molar-refractivity contribution is 0.167. The Labute approximate surface area is 116 Å². The largest absolute Gasteiger partial charge is 0.386 e. The predicted molar refractivity (Wildman–Crippen MR) is 75.5 cm³/mol. The van der Waals surface area contributed by atoms with E-state index in [-0.39, 0.29) is 0 Å². The van der Waals surface area contributed by atoms with Crippen molar-refractivity contribution in [2.24, 2.45) is 7.05 Å². The molecule has 0 saturated heterocycles. The first-order valence-electron chi connectivity index (χ1n) is 5.90. The van der Waals surface area contributed by atoms with Gasteiger partial charge in [-0.1, -0.05) is 23.8 Å². The van der Waals surface area contributed by atoms with Gasteiger partial charge in [0.2, 0.25) is 0 Å². The summed E-state index contributed by atoms with van der Waals surface area (Å²) >= 11 is 3.42. The van der Waals surface area contributed by atoms with Crippen molar-refractivity contribution in [2.45, 2.75) is 26.4 Å². The molecule has 18 heavy (non-hydrogen) atoms. The Balaban J connectivity index is 2.26. The molecule has 1 unspecified atom stereocenters. The van der Waals surface area contributed by atoms with E-state index in [4.69, 9.17) is 0 Å². The quantitative estimate of drug-likeness (QED) is 0.946. The molecule has 1 aromatic heterocycles. The normalized spacial score (nSPS) is 12.7. The standard InChI is InChI=1S/C14H17BrN2O/c1-9-4-5-10(2)11(6-9)7-13(18)14-12(15)8-16-17(14)3/h4-6,8,13,18H,7H2,1-3H3. The number of hydrogen-bond acceptors (Lipinski definition) is 2. The maximum absolute atomic E-state index is 10.3. The van der Waals surface area contributed by atoms with Crippen LogP contribution in [0, 0.1) is 13.8 Å². The second kappa shape index (κ2) is 5.24. The summed E-state index contributed by atoms with van der Waals surface area (Å²) in [5, 5.41) is 14.5. The van der Waals surface area contributed by atoms with Crippen LogP contribution in [0.25, 0.3) is 0 Å². The van der Waals surface area contributed by atoms with Crippen LogP contribution in [0.1, 0.15) is 28.5 Å². The third-order valence-corrected chi connectivity index (χ3v) is 3.78. The summed E-state index contributed by atoms with van der Waals surface area (Å²) in [4.78, 5) is 0. The van der Waals surface area contributed by atoms with Crippen LogP contribution in [0.15, 0.2) is 28.9 Å². The molecule has 0 fully saturated rings. The summed E-state index contributed by atoms with van der Waals surface area (Å²) in [6.07, 6.45) is 1.76. The summed E-state index contributed by atoms with van der Waals surface area (Å²) in [6, 6.07) is 6.31. The Morgan fingerprint density at radius 1 is 1.39 bits per heavy atom. The number of aliphatic hydroxyl groups is 1. The number of nitrogens with zero attached hydrogens (tertiary/aromatic N) is 2. The third-order valence-electron chi connectivity index (χ3n) is 3.17. The van der Waals surface area contributed by atoms with Gasteiger partial charge in [-0.3, -0.25) is 4.68 Å². The minimum atomic E-state index is -0.549. The van der Waals surface area contributed by atoms with Gasteiger partial charge in [0.25, 0.3) is 0 Å². The molecule has 0 amide bonds. The van der Waals surface area contributed by atoms with Gasteiger partial charge in [0.1, 0.15) is 6.10 Å². The molecule has 1 aromatic carbocycles. The lowest BCUT2D eigenvalue weighted by Gasteiger charge is -2.14. The molecule has 0 spiro atoms. The second-order valence-corrected chi connectivity index (χ2v) is 5.51. The molecule has 0 aliphatic carbocycles. The zero-order valence-corrected chi connectivity index (χ0v) is 12.4. The number of aliphatic hydroxyl groups excluding tert-OH is 1. The molecule has 0 radical (unpaired) electrons. The van der Waals surface area contributed by atoms with Gasteiger partial charge >= 0.3 is 0 Å². The van der Waals surface area contributed by atoms with Gasteiger partial charge in [-0.15, -0.1) is 0 Å². The highest BCUT2D eigenvalue weighted by Crippen LogP contribution is 2.26. The van der Waals surface area contributed by atoms with Crippen molar-refractivity contribution >= 4 is 15.9 Å². The summed E-state index contributed by atoms with van der Waals surface area (Å²) in [6.45, 7) is 4.13. The van der Waals surface area contributed by atoms with E-state index in [0.29, 0.717) is 6.42 Å². The van der Waals surface area contributed by atoms with E-state index in [1.807, 2.05) is 7.05 Å². The number of hydrogen-bond donors (Lipinski definition) is 1. The molecule has 0 saturated carbocycles. The number of halogens is 1. The van der Waals surface area contributed by atoms with E-state index in [1.54, 1.807) is 10.9 Å². The highest BCUT2D eigenvalue weighted by Gasteiger charge is 2.17. The van der Waals surface area contributed by atoms with Crippen molar-refractivity contribution < 1.29 is 5.11 Å². The first-order chi connectivity index (χ1) is 8.49. The van der Waals surface area contributed by atoms with Crippen molar-refractivity contribution in [1.82, 2.24) is 9.78 Å². The third kappa shape index (κ3) is 2.65. The number of rotatable bonds is 3. The average molecular weight is 309 g/mol. The molecule has 4 heteroatoms. The van der Waals surface area contributed by atoms with Gasteiger partial charge < -0.3 is 5.11 Å². The van der Waals surface area contributed by atoms with E-state index in [1.165, 1.54) is 16.7 Å². The molecule has 0 aliphatic rings. The molecule has 0 aliphatic heterocycles. The van der Waals surface area contributed by atoms with Crippen LogP contribution in [0.3, 0.4) is 0 Å². The SMILES string of the molecule is Cc1ccc(C)c(CC(O)c2c(Br)cnn2C)c1. The van der Waals surface area contributed by atoms with E-state index in [2.05, 4.69) is 53.1 Å². The Hall–Kier alpha value is -1.13. The van der Waals surface area contributed by atoms with E-state index in [9.17, 15) is 5.11 Å². The lowest BCUT2D eigenvalue weighted by atomic mass is 9.99. The van der Waals surface area contributed by atoms with Gasteiger partial charge in [0.05, 0.1) is 16.4 Å². The maximum atomic E-state index is 10.3. The van der Waals surface area contributed by atoms with E-state index >= 15 is 0 Å². The van der Waals surface area contributed by atoms with Crippen LogP contribution in [0.5, 0.6) is 0 Å². The second-order valence-electron chi connectivity index (χ2n) is 4.65. The molecular weight excluding hydrogens is 292 g/mol. The smallest absolute Gasteiger partial charge is 0.101 e. The van der Waals surface area contributed by atoms with Crippen LogP contribution in [0.2, 0.25) is 0 Å². The minimum absolute atomic E-state index is 0.549. The van der Waals surface area contributed by atoms with Crippen LogP contribution < -0.4 is 0 Å². The van der Waals surface area contributed by atoms with Gasteiger partial charge in [0, 0.05) is 13.5 Å². The number of benzene rings is 1. The molecule has 2 rings (SSSR count). The van der Waals surface area contributed by atoms with Gasteiger partial charge in [-0.05, 0) is 40.9 Å². The average Bonchev–Trinajstić information content (AvgIpc) is 2.63. The van der Waals surface area contributed by atoms with Crippen LogP contribution in [0.4, 0.5) is 0 Å². The Kier molecular flexibility index (Phi) is 3.88. The van der Waals surface area contributed by atoms with Crippen LogP contribution in [-0.4, -0.2) is 14.9 Å². The first-order valence-corrected chi connectivity index (χ1v) is 6.70. The molecule has 0 bridgehead atoms. The van der Waals surface area contributed by atoms with Crippen molar-refractivity contribution in [3.05, 3.63) is 51.3 Å². The highest BCUT2D eigenvalue weighted by molar-refractivity contribution is 9.10. The number of aryl methyl sites for hydroxylation is 3. The molecule has 1 heterocycles. The monoisotopic (exact) mass is 308 g/mol. The minimum Gasteiger partial charge on any atom is -0.386 e. The van der Waals surface area contributed by atoms with Gasteiger partial charge in [-0.2, -0.15) is 5.10 Å². The van der Waals surface area contributed by atoms with Crippen molar-refractivity contribution in [2.75, 3.05) is 0 Å². The van der Waals surface area contributed by atoms with Crippen molar-refractivity contribution in [1.29, 1.82) is 0 Å². The lowest BCUT2D eigenvalue weighted by Crippen LogP contribution is -2.09. The van der Waals surface area contributed by atoms with Gasteiger partial charge in [0.15, 0.2) is 0 Å². The Morgan fingerprint density at radius 3 is 2.72 bits per heavy atom. The Bertz CT molecular complexity index is 543. The zero-order valence-electron chi connectivity index (χ0n) is 10.8. The number of aromatic nitrogens is 2. The summed E-state index contributed by atoms with van der Waals surface area (Å²) in [5.74, 6) is 0. The molecule has 1 N–H and O–H groups in total. The fourth-order valence-corrected chi connectivity index (χ4v) is 2.73. The van der Waals surface area contributed by atoms with Gasteiger partial charge in [-0.25, -0.2) is 0 Å². The fraction of sp³-hybridized carbons (Fsp3) is 0.357. The Morgan fingerprint density at radius 2 is 2.11 bits per heavy atom. The summed E-state index contributed by atoms with van der Waals surface area (Å²) in [7, 11) is 1.84. The summed E-state index contributed by atoms with van der Waals surface area (Å²) < 4.78 is 2.56. The highest BCUT2D eigenvalue weighted by atomic mass is 79.9. The van der Waals surface area contributed by atoms with E-state index in [0.717, 1.165) is 10.2 Å². The fourth-order valence-electron chi connectivity index (χ4n) is 2.12. The maximum Gasteiger partial charge on any atom is 0.101 e. The van der Waals surface area contributed by atoms with Crippen molar-refractivity contribution in [3.63, 3.8) is 0 Å². The van der Waals surface area contributed by atoms with Crippen LogP contribution >= 0.6 is 15.9 Å². The van der Waals surface area contributed by atoms with Crippen LogP contribution in [-0.2, 0) is 13.5 Å². The zero-order chi connectivity index (χ0) is 13.3. The predicted octanol–water partition coefficient (Wildman–Crippen LogP) is 3.08. The summed E-state index contributed by atoms with van der Waals surface area (Å²) in [5.41, 5.74) is 4.41. The van der Waals surface area contributed by atoms with E-state index < -0.39 is 6.10 Å². The first kappa shape index (κ1) is 13.3. The van der Waals surface area contributed by atoms with Crippen molar-refractivity contribution in [3.8, 4) is 0 Å². The molecule has 1 atom stereocenters. The topological polar surface area (TPSA) is 38.1 Å².